The van der Waals surface area contributed by atoms with Crippen molar-refractivity contribution in [3.63, 3.8) is 0 Å². The first-order valence-electron chi connectivity index (χ1n) is 15.7. The summed E-state index contributed by atoms with van der Waals surface area (Å²) in [6.07, 6.45) is 1.41. The Morgan fingerprint density at radius 2 is 1.45 bits per heavy atom. The van der Waals surface area contributed by atoms with Crippen molar-refractivity contribution < 1.29 is 18.0 Å². The van der Waals surface area contributed by atoms with Gasteiger partial charge in [-0.25, -0.2) is 8.42 Å². The Balaban J connectivity index is 1.87. The number of hydrogen-bond donors (Lipinski definition) is 1. The van der Waals surface area contributed by atoms with Crippen molar-refractivity contribution >= 4 is 50.7 Å². The van der Waals surface area contributed by atoms with E-state index in [-0.39, 0.29) is 29.8 Å². The molecule has 0 aliphatic carbocycles. The van der Waals surface area contributed by atoms with Crippen LogP contribution in [0.4, 0.5) is 5.69 Å². The summed E-state index contributed by atoms with van der Waals surface area (Å²) in [7, 11) is -4.22. The van der Waals surface area contributed by atoms with Crippen LogP contribution >= 0.6 is 23.2 Å². The van der Waals surface area contributed by atoms with E-state index in [1.165, 1.54) is 17.0 Å². The van der Waals surface area contributed by atoms with Crippen LogP contribution in [0, 0.1) is 6.92 Å². The third kappa shape index (κ3) is 8.95. The first-order valence-corrected chi connectivity index (χ1v) is 17.9. The van der Waals surface area contributed by atoms with E-state index < -0.39 is 28.5 Å². The normalized spacial score (nSPS) is 12.6. The molecule has 0 radical (unpaired) electrons. The second-order valence-electron chi connectivity index (χ2n) is 11.6. The molecule has 0 aromatic heterocycles. The van der Waals surface area contributed by atoms with Gasteiger partial charge in [-0.1, -0.05) is 109 Å². The van der Waals surface area contributed by atoms with Crippen LogP contribution in [-0.2, 0) is 39.0 Å². The minimum absolute atomic E-state index is 0.0536. The maximum absolute atomic E-state index is 14.7. The number of nitrogens with zero attached hydrogens (tertiary/aromatic N) is 2. The molecule has 0 unspecified atom stereocenters. The molecule has 0 fully saturated rings. The van der Waals surface area contributed by atoms with E-state index in [2.05, 4.69) is 5.32 Å². The van der Waals surface area contributed by atoms with E-state index in [4.69, 9.17) is 23.2 Å². The van der Waals surface area contributed by atoms with Gasteiger partial charge in [-0.15, -0.1) is 0 Å². The van der Waals surface area contributed by atoms with Crippen LogP contribution in [0.15, 0.2) is 102 Å². The molecule has 4 aromatic carbocycles. The maximum atomic E-state index is 14.7. The van der Waals surface area contributed by atoms with Crippen molar-refractivity contribution in [3.05, 3.63) is 129 Å². The molecular formula is C37H41Cl2N3O4S. The molecule has 0 aliphatic heterocycles. The summed E-state index contributed by atoms with van der Waals surface area (Å²) in [4.78, 5) is 30.2. The summed E-state index contributed by atoms with van der Waals surface area (Å²) < 4.78 is 29.8. The number of halogens is 2. The molecule has 4 rings (SSSR count). The molecule has 10 heteroatoms. The van der Waals surface area contributed by atoms with E-state index in [9.17, 15) is 18.0 Å². The molecule has 2 atom stereocenters. The number of para-hydroxylation sites is 1. The lowest BCUT2D eigenvalue weighted by Gasteiger charge is -2.35. The van der Waals surface area contributed by atoms with Gasteiger partial charge >= 0.3 is 0 Å². The molecule has 0 heterocycles. The highest BCUT2D eigenvalue weighted by atomic mass is 35.5. The van der Waals surface area contributed by atoms with Crippen molar-refractivity contribution in [2.24, 2.45) is 0 Å². The van der Waals surface area contributed by atoms with Gasteiger partial charge in [0.15, 0.2) is 0 Å². The van der Waals surface area contributed by atoms with Crippen LogP contribution in [0.2, 0.25) is 10.0 Å². The highest BCUT2D eigenvalue weighted by Crippen LogP contribution is 2.30. The molecule has 248 valence electrons. The molecule has 4 aromatic rings. The smallest absolute Gasteiger partial charge is 0.264 e. The largest absolute Gasteiger partial charge is 0.352 e. The SMILES string of the molecule is CCc1ccccc1N(CC(=O)N(Cc1c(Cl)cccc1Cl)[C@H](Cc1ccccc1)C(=O)N[C@@H](C)CC)S(=O)(=O)c1ccc(C)cc1. The molecule has 0 saturated carbocycles. The monoisotopic (exact) mass is 693 g/mol. The van der Waals surface area contributed by atoms with Gasteiger partial charge in [-0.05, 0) is 68.1 Å². The second kappa shape index (κ2) is 16.3. The number of benzene rings is 4. The summed E-state index contributed by atoms with van der Waals surface area (Å²) in [6, 6.07) is 26.9. The molecule has 1 N–H and O–H groups in total. The van der Waals surface area contributed by atoms with E-state index in [1.54, 1.807) is 42.5 Å². The molecule has 0 bridgehead atoms. The number of carbonyl (C=O) groups is 2. The average molecular weight is 695 g/mol. The van der Waals surface area contributed by atoms with Crippen LogP contribution in [0.3, 0.4) is 0 Å². The van der Waals surface area contributed by atoms with Crippen molar-refractivity contribution in [1.82, 2.24) is 10.2 Å². The lowest BCUT2D eigenvalue weighted by atomic mass is 10.0. The zero-order chi connectivity index (χ0) is 34.1. The number of carbonyl (C=O) groups excluding carboxylic acids is 2. The number of hydrogen-bond acceptors (Lipinski definition) is 4. The fourth-order valence-corrected chi connectivity index (χ4v) is 7.22. The van der Waals surface area contributed by atoms with Gasteiger partial charge in [0.25, 0.3) is 10.0 Å². The Bertz CT molecular complexity index is 1760. The standard InChI is InChI=1S/C37H41Cl2N3O4S/c1-5-27(4)40-37(44)35(23-28-13-8-7-9-14-28)41(24-31-32(38)16-12-17-33(31)39)36(43)25-42(34-18-11-10-15-29(34)6-2)47(45,46)30-21-19-26(3)20-22-30/h7-22,27,35H,5-6,23-25H2,1-4H3,(H,40,44)/t27-,35+/m0/s1. The van der Waals surface area contributed by atoms with Gasteiger partial charge in [-0.3, -0.25) is 13.9 Å². The summed E-state index contributed by atoms with van der Waals surface area (Å²) in [6.45, 7) is 6.99. The van der Waals surface area contributed by atoms with Crippen molar-refractivity contribution in [2.75, 3.05) is 10.8 Å². The molecule has 47 heavy (non-hydrogen) atoms. The zero-order valence-corrected chi connectivity index (χ0v) is 29.4. The fraction of sp³-hybridized carbons (Fsp3) is 0.297. The summed E-state index contributed by atoms with van der Waals surface area (Å²) in [5, 5.41) is 3.69. The zero-order valence-electron chi connectivity index (χ0n) is 27.1. The number of anilines is 1. The average Bonchev–Trinajstić information content (AvgIpc) is 3.06. The lowest BCUT2D eigenvalue weighted by molar-refractivity contribution is -0.140. The molecule has 7 nitrogen and oxygen atoms in total. The summed E-state index contributed by atoms with van der Waals surface area (Å²) in [5.74, 6) is -0.940. The third-order valence-electron chi connectivity index (χ3n) is 8.19. The first-order chi connectivity index (χ1) is 22.5. The highest BCUT2D eigenvalue weighted by Gasteiger charge is 2.36. The summed E-state index contributed by atoms with van der Waals surface area (Å²) in [5.41, 5.74) is 3.34. The molecule has 2 amide bonds. The van der Waals surface area contributed by atoms with E-state index in [0.717, 1.165) is 21.0 Å². The van der Waals surface area contributed by atoms with Crippen molar-refractivity contribution in [3.8, 4) is 0 Å². The fourth-order valence-electron chi connectivity index (χ4n) is 5.25. The number of amides is 2. The number of nitrogens with one attached hydrogen (secondary N) is 1. The van der Waals surface area contributed by atoms with Crippen LogP contribution in [0.5, 0.6) is 0 Å². The van der Waals surface area contributed by atoms with Gasteiger partial charge in [0, 0.05) is 34.6 Å². The Hall–Kier alpha value is -3.85. The third-order valence-corrected chi connectivity index (χ3v) is 10.7. The Morgan fingerprint density at radius 3 is 2.06 bits per heavy atom. The highest BCUT2D eigenvalue weighted by molar-refractivity contribution is 7.92. The second-order valence-corrected chi connectivity index (χ2v) is 14.2. The maximum Gasteiger partial charge on any atom is 0.264 e. The topological polar surface area (TPSA) is 86.8 Å². The number of rotatable bonds is 14. The molecule has 0 spiro atoms. The number of aryl methyl sites for hydroxylation is 2. The van der Waals surface area contributed by atoms with Crippen LogP contribution in [0.25, 0.3) is 0 Å². The minimum atomic E-state index is -4.22. The Labute approximate surface area is 288 Å². The molecular weight excluding hydrogens is 653 g/mol. The van der Waals surface area contributed by atoms with E-state index in [0.29, 0.717) is 34.1 Å². The van der Waals surface area contributed by atoms with E-state index in [1.807, 2.05) is 70.2 Å². The van der Waals surface area contributed by atoms with Gasteiger partial charge < -0.3 is 10.2 Å². The predicted molar refractivity (Wildman–Crippen MR) is 190 cm³/mol. The Morgan fingerprint density at radius 1 is 0.830 bits per heavy atom. The summed E-state index contributed by atoms with van der Waals surface area (Å²) >= 11 is 13.2. The quantitative estimate of drug-likeness (QED) is 0.147. The van der Waals surface area contributed by atoms with Gasteiger partial charge in [0.05, 0.1) is 10.6 Å². The van der Waals surface area contributed by atoms with Crippen molar-refractivity contribution in [1.29, 1.82) is 0 Å². The minimum Gasteiger partial charge on any atom is -0.352 e. The van der Waals surface area contributed by atoms with E-state index >= 15 is 0 Å². The van der Waals surface area contributed by atoms with Gasteiger partial charge in [-0.2, -0.15) is 0 Å². The van der Waals surface area contributed by atoms with Crippen LogP contribution in [-0.4, -0.2) is 43.8 Å². The Kier molecular flexibility index (Phi) is 12.5. The van der Waals surface area contributed by atoms with Gasteiger partial charge in [0.1, 0.15) is 12.6 Å². The predicted octanol–water partition coefficient (Wildman–Crippen LogP) is 7.61. The molecule has 0 aliphatic rings. The van der Waals surface area contributed by atoms with Crippen LogP contribution in [0.1, 0.15) is 49.4 Å². The number of sulfonamides is 1. The van der Waals surface area contributed by atoms with Gasteiger partial charge in [0.2, 0.25) is 11.8 Å². The van der Waals surface area contributed by atoms with Crippen LogP contribution < -0.4 is 9.62 Å². The molecule has 0 saturated heterocycles. The lowest BCUT2D eigenvalue weighted by Crippen LogP contribution is -2.54. The first kappa shape index (κ1) is 36.0. The van der Waals surface area contributed by atoms with Crippen molar-refractivity contribution in [2.45, 2.75) is 70.5 Å².